The largest absolute Gasteiger partial charge is 0.497 e. The summed E-state index contributed by atoms with van der Waals surface area (Å²) >= 11 is 1.45. The van der Waals surface area contributed by atoms with Crippen LogP contribution < -0.4 is 4.74 Å². The summed E-state index contributed by atoms with van der Waals surface area (Å²) in [6.45, 7) is 1.53. The van der Waals surface area contributed by atoms with Crippen molar-refractivity contribution in [3.05, 3.63) is 54.1 Å². The van der Waals surface area contributed by atoms with Gasteiger partial charge in [-0.15, -0.1) is 5.10 Å². The van der Waals surface area contributed by atoms with Gasteiger partial charge in [0.25, 0.3) is 5.91 Å². The number of hydrogen-bond acceptors (Lipinski definition) is 7. The van der Waals surface area contributed by atoms with E-state index in [9.17, 15) is 4.79 Å². The molecule has 4 rings (SSSR count). The molecule has 1 aliphatic rings. The summed E-state index contributed by atoms with van der Waals surface area (Å²) < 4.78 is 6.95. The normalized spacial score (nSPS) is 14.0. The van der Waals surface area contributed by atoms with E-state index in [1.165, 1.54) is 11.8 Å². The van der Waals surface area contributed by atoms with E-state index in [1.807, 2.05) is 29.2 Å². The van der Waals surface area contributed by atoms with Gasteiger partial charge in [-0.2, -0.15) is 0 Å². The van der Waals surface area contributed by atoms with Gasteiger partial charge < -0.3 is 9.64 Å². The number of carbonyl (C=O) groups excluding carboxylic acids is 1. The van der Waals surface area contributed by atoms with Gasteiger partial charge in [0.1, 0.15) is 5.75 Å². The van der Waals surface area contributed by atoms with Crippen LogP contribution in [0.15, 0.2) is 47.9 Å². The highest BCUT2D eigenvalue weighted by Crippen LogP contribution is 2.25. The summed E-state index contributed by atoms with van der Waals surface area (Å²) in [6.07, 6.45) is 6.62. The number of aromatic nitrogens is 5. The summed E-state index contributed by atoms with van der Waals surface area (Å²) in [6, 6.07) is 9.30. The maximum absolute atomic E-state index is 13.1. The smallest absolute Gasteiger partial charge is 0.276 e. The molecule has 29 heavy (non-hydrogen) atoms. The molecular weight excluding hydrogens is 388 g/mol. The Morgan fingerprint density at radius 2 is 1.83 bits per heavy atom. The van der Waals surface area contributed by atoms with Crippen molar-refractivity contribution >= 4 is 17.7 Å². The Bertz CT molecular complexity index is 955. The van der Waals surface area contributed by atoms with Gasteiger partial charge in [-0.05, 0) is 49.6 Å². The quantitative estimate of drug-likeness (QED) is 0.456. The number of benzene rings is 1. The third kappa shape index (κ3) is 4.40. The molecule has 150 valence electrons. The number of amides is 1. The number of piperidine rings is 1. The monoisotopic (exact) mass is 410 g/mol. The molecular formula is C20H22N6O2S. The van der Waals surface area contributed by atoms with Gasteiger partial charge in [0.2, 0.25) is 0 Å². The van der Waals surface area contributed by atoms with E-state index in [-0.39, 0.29) is 5.91 Å². The van der Waals surface area contributed by atoms with Crippen molar-refractivity contribution in [2.75, 3.05) is 20.2 Å². The van der Waals surface area contributed by atoms with Crippen LogP contribution in [0, 0.1) is 0 Å². The average molecular weight is 411 g/mol. The molecule has 1 amide bonds. The Balaban J connectivity index is 1.66. The van der Waals surface area contributed by atoms with Gasteiger partial charge in [0.15, 0.2) is 10.9 Å². The van der Waals surface area contributed by atoms with Gasteiger partial charge >= 0.3 is 0 Å². The topological polar surface area (TPSA) is 86.0 Å². The molecule has 2 aromatic heterocycles. The number of rotatable bonds is 6. The van der Waals surface area contributed by atoms with Crippen LogP contribution in [0.5, 0.6) is 5.75 Å². The Hall–Kier alpha value is -2.94. The fourth-order valence-corrected chi connectivity index (χ4v) is 4.06. The van der Waals surface area contributed by atoms with E-state index in [1.54, 1.807) is 30.3 Å². The molecule has 0 bridgehead atoms. The minimum Gasteiger partial charge on any atom is -0.497 e. The number of nitrogens with zero attached hydrogens (tertiary/aromatic N) is 6. The molecule has 0 radical (unpaired) electrons. The molecule has 1 fully saturated rings. The first-order valence-electron chi connectivity index (χ1n) is 9.54. The molecule has 1 aliphatic heterocycles. The van der Waals surface area contributed by atoms with E-state index in [4.69, 9.17) is 4.74 Å². The van der Waals surface area contributed by atoms with Crippen LogP contribution in [0.4, 0.5) is 0 Å². The van der Waals surface area contributed by atoms with Crippen LogP contribution in [-0.4, -0.2) is 56.0 Å². The second kappa shape index (κ2) is 9.04. The zero-order valence-electron chi connectivity index (χ0n) is 16.2. The number of thioether (sulfide) groups is 1. The molecule has 1 saturated heterocycles. The molecule has 0 aliphatic carbocycles. The molecule has 0 spiro atoms. The molecule has 3 heterocycles. The fourth-order valence-electron chi connectivity index (χ4n) is 3.27. The maximum Gasteiger partial charge on any atom is 0.276 e. The van der Waals surface area contributed by atoms with Crippen LogP contribution in [0.25, 0.3) is 5.69 Å². The number of hydrogen-bond donors (Lipinski definition) is 0. The highest BCUT2D eigenvalue weighted by Gasteiger charge is 2.26. The van der Waals surface area contributed by atoms with Crippen LogP contribution in [-0.2, 0) is 5.75 Å². The van der Waals surface area contributed by atoms with E-state index in [0.717, 1.165) is 49.5 Å². The zero-order chi connectivity index (χ0) is 20.1. The summed E-state index contributed by atoms with van der Waals surface area (Å²) in [4.78, 5) is 23.5. The Morgan fingerprint density at radius 3 is 2.52 bits per heavy atom. The average Bonchev–Trinajstić information content (AvgIpc) is 3.22. The minimum absolute atomic E-state index is 0.0611. The molecule has 0 N–H and O–H groups in total. The summed E-state index contributed by atoms with van der Waals surface area (Å²) in [5.74, 6) is 1.18. The Kier molecular flexibility index (Phi) is 6.04. The van der Waals surface area contributed by atoms with E-state index in [0.29, 0.717) is 16.6 Å². The van der Waals surface area contributed by atoms with Gasteiger partial charge in [-0.25, -0.2) is 14.6 Å². The van der Waals surface area contributed by atoms with Gasteiger partial charge in [-0.3, -0.25) is 4.79 Å². The molecule has 0 saturated carbocycles. The number of likely N-dealkylation sites (tertiary alicyclic amines) is 1. The highest BCUT2D eigenvalue weighted by atomic mass is 32.2. The lowest BCUT2D eigenvalue weighted by molar-refractivity contribution is 0.0717. The van der Waals surface area contributed by atoms with Crippen molar-refractivity contribution in [3.8, 4) is 11.4 Å². The third-order valence-corrected chi connectivity index (χ3v) is 5.69. The first kappa shape index (κ1) is 19.4. The standard InChI is InChI=1S/C20H22N6O2S/c1-28-16-8-6-15(7-9-16)26-17(14-29-20-21-10-5-11-22-20)18(23-24-26)19(27)25-12-3-2-4-13-25/h5-11H,2-4,12-14H2,1H3. The van der Waals surface area contributed by atoms with E-state index in [2.05, 4.69) is 20.3 Å². The van der Waals surface area contributed by atoms with Gasteiger partial charge in [0, 0.05) is 31.2 Å². The van der Waals surface area contributed by atoms with Crippen molar-refractivity contribution in [2.45, 2.75) is 30.2 Å². The fraction of sp³-hybridized carbons (Fsp3) is 0.350. The Morgan fingerprint density at radius 1 is 1.10 bits per heavy atom. The molecule has 8 nitrogen and oxygen atoms in total. The van der Waals surface area contributed by atoms with E-state index < -0.39 is 0 Å². The van der Waals surface area contributed by atoms with Crippen molar-refractivity contribution in [1.82, 2.24) is 29.9 Å². The number of ether oxygens (including phenoxy) is 1. The molecule has 3 aromatic rings. The third-order valence-electron chi connectivity index (χ3n) is 4.81. The molecule has 9 heteroatoms. The predicted molar refractivity (Wildman–Crippen MR) is 109 cm³/mol. The Labute approximate surface area is 173 Å². The second-order valence-corrected chi connectivity index (χ2v) is 7.61. The maximum atomic E-state index is 13.1. The van der Waals surface area contributed by atoms with Crippen LogP contribution in [0.2, 0.25) is 0 Å². The number of methoxy groups -OCH3 is 1. The molecule has 0 atom stereocenters. The lowest BCUT2D eigenvalue weighted by atomic mass is 10.1. The lowest BCUT2D eigenvalue weighted by Crippen LogP contribution is -2.36. The highest BCUT2D eigenvalue weighted by molar-refractivity contribution is 7.98. The first-order valence-corrected chi connectivity index (χ1v) is 10.5. The second-order valence-electron chi connectivity index (χ2n) is 6.67. The van der Waals surface area contributed by atoms with Crippen molar-refractivity contribution in [1.29, 1.82) is 0 Å². The van der Waals surface area contributed by atoms with E-state index >= 15 is 0 Å². The van der Waals surface area contributed by atoms with Gasteiger partial charge in [0.05, 0.1) is 18.5 Å². The predicted octanol–water partition coefficient (Wildman–Crippen LogP) is 2.98. The molecule has 0 unspecified atom stereocenters. The van der Waals surface area contributed by atoms with Crippen LogP contribution >= 0.6 is 11.8 Å². The number of carbonyl (C=O) groups is 1. The van der Waals surface area contributed by atoms with Crippen molar-refractivity contribution < 1.29 is 9.53 Å². The molecule has 1 aromatic carbocycles. The van der Waals surface area contributed by atoms with Crippen LogP contribution in [0.1, 0.15) is 35.4 Å². The van der Waals surface area contributed by atoms with Crippen molar-refractivity contribution in [2.24, 2.45) is 0 Å². The first-order chi connectivity index (χ1) is 14.3. The van der Waals surface area contributed by atoms with Gasteiger partial charge in [-0.1, -0.05) is 17.0 Å². The lowest BCUT2D eigenvalue weighted by Gasteiger charge is -2.26. The summed E-state index contributed by atoms with van der Waals surface area (Å²) in [7, 11) is 1.63. The SMILES string of the molecule is COc1ccc(-n2nnc(C(=O)N3CCCCC3)c2CSc2ncccn2)cc1. The van der Waals surface area contributed by atoms with Crippen molar-refractivity contribution in [3.63, 3.8) is 0 Å². The zero-order valence-corrected chi connectivity index (χ0v) is 17.0. The van der Waals surface area contributed by atoms with Crippen LogP contribution in [0.3, 0.4) is 0 Å². The summed E-state index contributed by atoms with van der Waals surface area (Å²) in [5, 5.41) is 9.20. The minimum atomic E-state index is -0.0611. The summed E-state index contributed by atoms with van der Waals surface area (Å²) in [5.41, 5.74) is 1.95.